The minimum absolute atomic E-state index is 0.0193. The zero-order chi connectivity index (χ0) is 18.2. The summed E-state index contributed by atoms with van der Waals surface area (Å²) in [5.41, 5.74) is 2.36. The predicted molar refractivity (Wildman–Crippen MR) is 102 cm³/mol. The van der Waals surface area contributed by atoms with Crippen LogP contribution in [0.4, 0.5) is 0 Å². The van der Waals surface area contributed by atoms with E-state index in [1.165, 1.54) is 17.3 Å². The van der Waals surface area contributed by atoms with Gasteiger partial charge in [0.05, 0.1) is 5.25 Å². The van der Waals surface area contributed by atoms with Gasteiger partial charge < -0.3 is 10.1 Å². The van der Waals surface area contributed by atoms with Gasteiger partial charge in [0.2, 0.25) is 5.91 Å². The molecule has 0 fully saturated rings. The molecule has 1 unspecified atom stereocenters. The number of nitrogens with zero attached hydrogens (tertiary/aromatic N) is 2. The van der Waals surface area contributed by atoms with Crippen molar-refractivity contribution >= 4 is 17.7 Å². The minimum Gasteiger partial charge on any atom is -0.385 e. The number of carbonyl (C=O) groups excluding carboxylic acids is 1. The van der Waals surface area contributed by atoms with Crippen LogP contribution in [0.25, 0.3) is 5.69 Å². The molecule has 0 aliphatic heterocycles. The fraction of sp³-hybridized carbons (Fsp3) is 0.474. The first-order valence-corrected chi connectivity index (χ1v) is 9.48. The Labute approximate surface area is 154 Å². The van der Waals surface area contributed by atoms with Crippen LogP contribution in [0.5, 0.6) is 0 Å². The van der Waals surface area contributed by atoms with Gasteiger partial charge in [-0.05, 0) is 37.0 Å². The smallest absolute Gasteiger partial charge is 0.233 e. The lowest BCUT2D eigenvalue weighted by Crippen LogP contribution is -2.32. The second kappa shape index (κ2) is 9.63. The van der Waals surface area contributed by atoms with Crippen LogP contribution in [0.2, 0.25) is 0 Å². The molecule has 0 aliphatic rings. The average Bonchev–Trinajstić information content (AvgIpc) is 3.06. The number of carbonyl (C=O) groups is 1. The van der Waals surface area contributed by atoms with Gasteiger partial charge in [-0.2, -0.15) is 0 Å². The summed E-state index contributed by atoms with van der Waals surface area (Å²) in [5, 5.41) is 3.54. The predicted octanol–water partition coefficient (Wildman–Crippen LogP) is 3.63. The monoisotopic (exact) mass is 361 g/mol. The molecule has 1 aromatic heterocycles. The molecule has 0 saturated heterocycles. The third kappa shape index (κ3) is 5.61. The number of rotatable bonds is 9. The van der Waals surface area contributed by atoms with Crippen LogP contribution < -0.4 is 5.32 Å². The Kier molecular flexibility index (Phi) is 7.52. The number of amides is 1. The molecule has 136 valence electrons. The highest BCUT2D eigenvalue weighted by Gasteiger charge is 2.17. The van der Waals surface area contributed by atoms with E-state index in [9.17, 15) is 4.79 Å². The summed E-state index contributed by atoms with van der Waals surface area (Å²) in [7, 11) is 1.66. The largest absolute Gasteiger partial charge is 0.385 e. The first kappa shape index (κ1) is 19.5. The normalized spacial score (nSPS) is 12.4. The number of hydrogen-bond acceptors (Lipinski definition) is 4. The van der Waals surface area contributed by atoms with Crippen LogP contribution in [0.3, 0.4) is 0 Å². The lowest BCUT2D eigenvalue weighted by molar-refractivity contribution is -0.120. The van der Waals surface area contributed by atoms with Gasteiger partial charge in [0.25, 0.3) is 0 Å². The van der Waals surface area contributed by atoms with Gasteiger partial charge in [0.15, 0.2) is 5.16 Å². The molecular weight excluding hydrogens is 334 g/mol. The molecule has 1 amide bonds. The molecule has 0 bridgehead atoms. The Bertz CT molecular complexity index is 668. The van der Waals surface area contributed by atoms with Gasteiger partial charge in [-0.25, -0.2) is 4.98 Å². The van der Waals surface area contributed by atoms with Crippen LogP contribution in [0.15, 0.2) is 41.8 Å². The number of aromatic nitrogens is 2. The summed E-state index contributed by atoms with van der Waals surface area (Å²) in [5.74, 6) is 0.526. The number of methoxy groups -OCH3 is 1. The molecular formula is C19H27N3O2S. The quantitative estimate of drug-likeness (QED) is 0.547. The molecule has 0 spiro atoms. The standard InChI is InChI=1S/C19H27N3O2S/c1-14(2)16-6-8-17(9-7-16)22-12-11-21-19(22)25-15(3)18(23)20-10-5-13-24-4/h6-9,11-12,14-15H,5,10,13H2,1-4H3,(H,20,23). The van der Waals surface area contributed by atoms with Crippen molar-refractivity contribution in [2.75, 3.05) is 20.3 Å². The van der Waals surface area contributed by atoms with E-state index in [1.54, 1.807) is 13.3 Å². The zero-order valence-electron chi connectivity index (χ0n) is 15.4. The van der Waals surface area contributed by atoms with Crippen LogP contribution >= 0.6 is 11.8 Å². The molecule has 0 saturated carbocycles. The van der Waals surface area contributed by atoms with Crippen molar-refractivity contribution in [1.82, 2.24) is 14.9 Å². The van der Waals surface area contributed by atoms with E-state index in [0.29, 0.717) is 19.1 Å². The van der Waals surface area contributed by atoms with Gasteiger partial charge in [0.1, 0.15) is 0 Å². The summed E-state index contributed by atoms with van der Waals surface area (Å²) in [6, 6.07) is 8.47. The Morgan fingerprint density at radius 2 is 2.00 bits per heavy atom. The second-order valence-corrected chi connectivity index (χ2v) is 7.53. The Morgan fingerprint density at radius 3 is 2.64 bits per heavy atom. The molecule has 2 aromatic rings. The number of ether oxygens (including phenoxy) is 1. The topological polar surface area (TPSA) is 56.1 Å². The van der Waals surface area contributed by atoms with E-state index in [-0.39, 0.29) is 11.2 Å². The third-order valence-electron chi connectivity index (χ3n) is 3.92. The maximum Gasteiger partial charge on any atom is 0.233 e. The lowest BCUT2D eigenvalue weighted by atomic mass is 10.0. The van der Waals surface area contributed by atoms with Gasteiger partial charge >= 0.3 is 0 Å². The van der Waals surface area contributed by atoms with Gasteiger partial charge in [-0.15, -0.1) is 0 Å². The van der Waals surface area contributed by atoms with Crippen LogP contribution in [0, 0.1) is 0 Å². The SMILES string of the molecule is COCCCNC(=O)C(C)Sc1nccn1-c1ccc(C(C)C)cc1. The Morgan fingerprint density at radius 1 is 1.28 bits per heavy atom. The lowest BCUT2D eigenvalue weighted by Gasteiger charge is -2.13. The molecule has 25 heavy (non-hydrogen) atoms. The fourth-order valence-electron chi connectivity index (χ4n) is 2.38. The number of hydrogen-bond donors (Lipinski definition) is 1. The summed E-state index contributed by atoms with van der Waals surface area (Å²) in [6.07, 6.45) is 4.51. The average molecular weight is 362 g/mol. The molecule has 1 aromatic carbocycles. The van der Waals surface area contributed by atoms with Crippen LogP contribution in [-0.4, -0.2) is 41.0 Å². The molecule has 6 heteroatoms. The number of thioether (sulfide) groups is 1. The molecule has 2 rings (SSSR count). The van der Waals surface area contributed by atoms with E-state index in [4.69, 9.17) is 4.74 Å². The van der Waals surface area contributed by atoms with Crippen molar-refractivity contribution < 1.29 is 9.53 Å². The van der Waals surface area contributed by atoms with E-state index in [1.807, 2.05) is 17.7 Å². The van der Waals surface area contributed by atoms with Crippen molar-refractivity contribution in [3.05, 3.63) is 42.2 Å². The Balaban J connectivity index is 1.99. The molecule has 1 heterocycles. The second-order valence-electron chi connectivity index (χ2n) is 6.22. The fourth-order valence-corrected chi connectivity index (χ4v) is 3.28. The molecule has 1 N–H and O–H groups in total. The summed E-state index contributed by atoms with van der Waals surface area (Å²) in [6.45, 7) is 7.54. The van der Waals surface area contributed by atoms with Gasteiger partial charge in [0, 0.05) is 38.3 Å². The van der Waals surface area contributed by atoms with Crippen LogP contribution in [0.1, 0.15) is 38.7 Å². The van der Waals surface area contributed by atoms with Crippen molar-refractivity contribution in [3.63, 3.8) is 0 Å². The highest BCUT2D eigenvalue weighted by molar-refractivity contribution is 8.00. The van der Waals surface area contributed by atoms with Gasteiger partial charge in [-0.3, -0.25) is 9.36 Å². The van der Waals surface area contributed by atoms with Crippen molar-refractivity contribution in [1.29, 1.82) is 0 Å². The van der Waals surface area contributed by atoms with Crippen LogP contribution in [-0.2, 0) is 9.53 Å². The highest BCUT2D eigenvalue weighted by Crippen LogP contribution is 2.25. The zero-order valence-corrected chi connectivity index (χ0v) is 16.2. The number of nitrogens with one attached hydrogen (secondary N) is 1. The van der Waals surface area contributed by atoms with Crippen molar-refractivity contribution in [2.24, 2.45) is 0 Å². The molecule has 0 radical (unpaired) electrons. The molecule has 5 nitrogen and oxygen atoms in total. The van der Waals surface area contributed by atoms with E-state index in [0.717, 1.165) is 17.3 Å². The molecule has 0 aliphatic carbocycles. The maximum atomic E-state index is 12.2. The first-order valence-electron chi connectivity index (χ1n) is 8.60. The molecule has 1 atom stereocenters. The third-order valence-corrected chi connectivity index (χ3v) is 5.00. The van der Waals surface area contributed by atoms with Crippen molar-refractivity contribution in [2.45, 2.75) is 43.5 Å². The first-order chi connectivity index (χ1) is 12.0. The van der Waals surface area contributed by atoms with E-state index < -0.39 is 0 Å². The summed E-state index contributed by atoms with van der Waals surface area (Å²) in [4.78, 5) is 16.6. The highest BCUT2D eigenvalue weighted by atomic mass is 32.2. The van der Waals surface area contributed by atoms with E-state index in [2.05, 4.69) is 48.4 Å². The van der Waals surface area contributed by atoms with Gasteiger partial charge in [-0.1, -0.05) is 37.7 Å². The minimum atomic E-state index is -0.210. The summed E-state index contributed by atoms with van der Waals surface area (Å²) < 4.78 is 7.00. The Hall–Kier alpha value is -1.79. The van der Waals surface area contributed by atoms with Crippen molar-refractivity contribution in [3.8, 4) is 5.69 Å². The number of benzene rings is 1. The summed E-state index contributed by atoms with van der Waals surface area (Å²) >= 11 is 1.46. The maximum absolute atomic E-state index is 12.2. The van der Waals surface area contributed by atoms with E-state index >= 15 is 0 Å². The number of imidazole rings is 1.